The Bertz CT molecular complexity index is 179. The number of Topliss-reactive ketones (excluding diaryl/α,β-unsaturated/α-hetero) is 1. The lowest BCUT2D eigenvalue weighted by molar-refractivity contribution is -0.118. The minimum Gasteiger partial charge on any atom is -0.327 e. The molecule has 0 fully saturated rings. The van der Waals surface area contributed by atoms with Crippen molar-refractivity contribution in [1.29, 1.82) is 0 Å². The van der Waals surface area contributed by atoms with Crippen molar-refractivity contribution in [3.05, 3.63) is 12.7 Å². The van der Waals surface area contributed by atoms with Gasteiger partial charge in [-0.15, -0.1) is 6.58 Å². The summed E-state index contributed by atoms with van der Waals surface area (Å²) in [6.07, 6.45) is 3.43. The molecule has 0 radical (unpaired) electrons. The Kier molecular flexibility index (Phi) is 4.92. The molecule has 0 aromatic carbocycles. The number of allylic oxidation sites excluding steroid dienone is 1. The molecule has 2 nitrogen and oxygen atoms in total. The molecule has 2 N–H and O–H groups in total. The lowest BCUT2D eigenvalue weighted by Crippen LogP contribution is -2.28. The average Bonchev–Trinajstić information content (AvgIpc) is 1.81. The average molecular weight is 183 g/mol. The number of carbonyl (C=O) groups excluding carboxylic acids is 1. The Morgan fingerprint density at radius 1 is 1.54 bits per heavy atom. The van der Waals surface area contributed by atoms with Crippen LogP contribution in [-0.4, -0.2) is 11.8 Å². The maximum atomic E-state index is 11.2. The monoisotopic (exact) mass is 183 g/mol. The summed E-state index contributed by atoms with van der Waals surface area (Å²) in [5.74, 6) is 0.187. The number of ketones is 1. The Morgan fingerprint density at radius 3 is 2.46 bits per heavy atom. The van der Waals surface area contributed by atoms with Gasteiger partial charge >= 0.3 is 0 Å². The van der Waals surface area contributed by atoms with Crippen LogP contribution in [0.5, 0.6) is 0 Å². The van der Waals surface area contributed by atoms with E-state index in [1.807, 2.05) is 0 Å². The van der Waals surface area contributed by atoms with Crippen molar-refractivity contribution in [1.82, 2.24) is 0 Å². The molecule has 0 amide bonds. The summed E-state index contributed by atoms with van der Waals surface area (Å²) in [5.41, 5.74) is 6.04. The van der Waals surface area contributed by atoms with Crippen LogP contribution >= 0.6 is 0 Å². The molecule has 13 heavy (non-hydrogen) atoms. The standard InChI is InChI=1S/C11H21NO/c1-5-6-10(13)7-9(12)8-11(2,3)4/h5,9H,1,6-8,12H2,2-4H3. The first-order valence-electron chi connectivity index (χ1n) is 4.73. The largest absolute Gasteiger partial charge is 0.327 e. The first kappa shape index (κ1) is 12.4. The van der Waals surface area contributed by atoms with E-state index in [2.05, 4.69) is 27.4 Å². The highest BCUT2D eigenvalue weighted by molar-refractivity contribution is 5.80. The quantitative estimate of drug-likeness (QED) is 0.664. The Labute approximate surface area is 81.2 Å². The van der Waals surface area contributed by atoms with Crippen LogP contribution in [0.3, 0.4) is 0 Å². The molecular formula is C11H21NO. The van der Waals surface area contributed by atoms with E-state index in [1.54, 1.807) is 6.08 Å². The van der Waals surface area contributed by atoms with Crippen molar-refractivity contribution in [2.45, 2.75) is 46.1 Å². The van der Waals surface area contributed by atoms with Crippen molar-refractivity contribution in [2.75, 3.05) is 0 Å². The zero-order valence-corrected chi connectivity index (χ0v) is 8.97. The minimum atomic E-state index is -0.00699. The molecule has 0 aromatic rings. The summed E-state index contributed by atoms with van der Waals surface area (Å²) >= 11 is 0. The predicted molar refractivity (Wildman–Crippen MR) is 56.5 cm³/mol. The summed E-state index contributed by atoms with van der Waals surface area (Å²) in [6.45, 7) is 9.91. The summed E-state index contributed by atoms with van der Waals surface area (Å²) in [5, 5.41) is 0. The first-order chi connectivity index (χ1) is 5.85. The van der Waals surface area contributed by atoms with Crippen LogP contribution in [0.15, 0.2) is 12.7 Å². The van der Waals surface area contributed by atoms with E-state index in [0.717, 1.165) is 6.42 Å². The highest BCUT2D eigenvalue weighted by Crippen LogP contribution is 2.21. The fourth-order valence-corrected chi connectivity index (χ4v) is 1.40. The SMILES string of the molecule is C=CCC(=O)CC(N)CC(C)(C)C. The van der Waals surface area contributed by atoms with Crippen LogP contribution < -0.4 is 5.73 Å². The van der Waals surface area contributed by atoms with Gasteiger partial charge in [-0.2, -0.15) is 0 Å². The summed E-state index contributed by atoms with van der Waals surface area (Å²) in [6, 6.07) is -0.00699. The molecule has 0 bridgehead atoms. The molecule has 0 saturated heterocycles. The highest BCUT2D eigenvalue weighted by Gasteiger charge is 2.17. The van der Waals surface area contributed by atoms with Gasteiger partial charge in [0, 0.05) is 18.9 Å². The van der Waals surface area contributed by atoms with Crippen molar-refractivity contribution < 1.29 is 4.79 Å². The molecule has 0 aromatic heterocycles. The van der Waals surface area contributed by atoms with E-state index < -0.39 is 0 Å². The molecule has 1 atom stereocenters. The second kappa shape index (κ2) is 5.18. The van der Waals surface area contributed by atoms with E-state index in [0.29, 0.717) is 12.8 Å². The molecule has 0 aliphatic carbocycles. The molecule has 0 aliphatic heterocycles. The van der Waals surface area contributed by atoms with Crippen LogP contribution in [0.25, 0.3) is 0 Å². The normalized spacial score (nSPS) is 13.8. The van der Waals surface area contributed by atoms with E-state index in [4.69, 9.17) is 5.73 Å². The van der Waals surface area contributed by atoms with E-state index in [-0.39, 0.29) is 17.2 Å². The maximum Gasteiger partial charge on any atom is 0.138 e. The van der Waals surface area contributed by atoms with Gasteiger partial charge in [0.05, 0.1) is 0 Å². The van der Waals surface area contributed by atoms with Crippen LogP contribution in [0.2, 0.25) is 0 Å². The van der Waals surface area contributed by atoms with Crippen LogP contribution in [-0.2, 0) is 4.79 Å². The third kappa shape index (κ3) is 7.72. The molecule has 76 valence electrons. The topological polar surface area (TPSA) is 43.1 Å². The molecule has 2 heteroatoms. The van der Waals surface area contributed by atoms with Crippen molar-refractivity contribution in [3.63, 3.8) is 0 Å². The number of carbonyl (C=O) groups is 1. The lowest BCUT2D eigenvalue weighted by atomic mass is 9.86. The zero-order chi connectivity index (χ0) is 10.5. The summed E-state index contributed by atoms with van der Waals surface area (Å²) in [7, 11) is 0. The Morgan fingerprint density at radius 2 is 2.08 bits per heavy atom. The van der Waals surface area contributed by atoms with Gasteiger partial charge in [-0.1, -0.05) is 26.8 Å². The van der Waals surface area contributed by atoms with Crippen LogP contribution in [0.4, 0.5) is 0 Å². The van der Waals surface area contributed by atoms with Crippen molar-refractivity contribution >= 4 is 5.78 Å². The molecule has 0 spiro atoms. The van der Waals surface area contributed by atoms with Gasteiger partial charge in [0.25, 0.3) is 0 Å². The van der Waals surface area contributed by atoms with Gasteiger partial charge in [-0.3, -0.25) is 4.79 Å². The van der Waals surface area contributed by atoms with Crippen molar-refractivity contribution in [2.24, 2.45) is 11.1 Å². The molecule has 0 aliphatic rings. The van der Waals surface area contributed by atoms with E-state index >= 15 is 0 Å². The molecular weight excluding hydrogens is 162 g/mol. The summed E-state index contributed by atoms with van der Waals surface area (Å²) in [4.78, 5) is 11.2. The van der Waals surface area contributed by atoms with Gasteiger partial charge in [0.1, 0.15) is 5.78 Å². The molecule has 0 saturated carbocycles. The fourth-order valence-electron chi connectivity index (χ4n) is 1.40. The van der Waals surface area contributed by atoms with Gasteiger partial charge < -0.3 is 5.73 Å². The number of hydrogen-bond acceptors (Lipinski definition) is 2. The number of nitrogens with two attached hydrogens (primary N) is 1. The molecule has 1 unspecified atom stereocenters. The Balaban J connectivity index is 3.80. The lowest BCUT2D eigenvalue weighted by Gasteiger charge is -2.22. The summed E-state index contributed by atoms with van der Waals surface area (Å²) < 4.78 is 0. The van der Waals surface area contributed by atoms with Gasteiger partial charge in [0.2, 0.25) is 0 Å². The van der Waals surface area contributed by atoms with Gasteiger partial charge in [0.15, 0.2) is 0 Å². The van der Waals surface area contributed by atoms with Gasteiger partial charge in [-0.25, -0.2) is 0 Å². The predicted octanol–water partition coefficient (Wildman–Crippen LogP) is 2.29. The first-order valence-corrected chi connectivity index (χ1v) is 4.73. The van der Waals surface area contributed by atoms with E-state index in [1.165, 1.54) is 0 Å². The van der Waals surface area contributed by atoms with Crippen molar-refractivity contribution in [3.8, 4) is 0 Å². The second-order valence-electron chi connectivity index (χ2n) is 4.76. The third-order valence-electron chi connectivity index (χ3n) is 1.74. The van der Waals surface area contributed by atoms with Crippen LogP contribution in [0.1, 0.15) is 40.0 Å². The van der Waals surface area contributed by atoms with Crippen LogP contribution in [0, 0.1) is 5.41 Å². The maximum absolute atomic E-state index is 11.2. The zero-order valence-electron chi connectivity index (χ0n) is 8.97. The second-order valence-corrected chi connectivity index (χ2v) is 4.76. The third-order valence-corrected chi connectivity index (χ3v) is 1.74. The molecule has 0 rings (SSSR count). The minimum absolute atomic E-state index is 0.00699. The smallest absolute Gasteiger partial charge is 0.138 e. The van der Waals surface area contributed by atoms with Gasteiger partial charge in [-0.05, 0) is 11.8 Å². The number of hydrogen-bond donors (Lipinski definition) is 1. The van der Waals surface area contributed by atoms with E-state index in [9.17, 15) is 4.79 Å². The highest BCUT2D eigenvalue weighted by atomic mass is 16.1. The Hall–Kier alpha value is -0.630. The fraction of sp³-hybridized carbons (Fsp3) is 0.727. The molecule has 0 heterocycles. The number of rotatable bonds is 5.